The Balaban J connectivity index is 2.07. The van der Waals surface area contributed by atoms with E-state index in [9.17, 15) is 0 Å². The lowest BCUT2D eigenvalue weighted by atomic mass is 9.89. The molecule has 2 nitrogen and oxygen atoms in total. The van der Waals surface area contributed by atoms with Crippen LogP contribution in [-0.4, -0.2) is 25.9 Å². The highest BCUT2D eigenvalue weighted by Crippen LogP contribution is 2.25. The highest BCUT2D eigenvalue weighted by atomic mass is 16.6. The van der Waals surface area contributed by atoms with Gasteiger partial charge >= 0.3 is 0 Å². The summed E-state index contributed by atoms with van der Waals surface area (Å²) in [4.78, 5) is 0. The van der Waals surface area contributed by atoms with Gasteiger partial charge in [0, 0.05) is 0 Å². The quantitative estimate of drug-likeness (QED) is 0.231. The fourth-order valence-corrected chi connectivity index (χ4v) is 4.20. The van der Waals surface area contributed by atoms with Crippen molar-refractivity contribution in [1.82, 2.24) is 0 Å². The summed E-state index contributed by atoms with van der Waals surface area (Å²) in [6.45, 7) is 7.01. The molecule has 1 fully saturated rings. The molecule has 1 saturated heterocycles. The zero-order chi connectivity index (χ0) is 18.7. The maximum Gasteiger partial charge on any atom is 0.0837 e. The van der Waals surface area contributed by atoms with Gasteiger partial charge in [0.05, 0.1) is 25.9 Å². The van der Waals surface area contributed by atoms with Crippen LogP contribution in [0.4, 0.5) is 0 Å². The van der Waals surface area contributed by atoms with E-state index < -0.39 is 0 Å². The van der Waals surface area contributed by atoms with Crippen LogP contribution in [-0.2, 0) is 9.47 Å². The normalized spacial score (nSPS) is 18.9. The van der Waals surface area contributed by atoms with Gasteiger partial charge in [-0.3, -0.25) is 0 Å². The molecule has 26 heavy (non-hydrogen) atoms. The molecule has 0 bridgehead atoms. The molecular formula is C24H48O2. The van der Waals surface area contributed by atoms with Crippen molar-refractivity contribution in [2.75, 3.05) is 19.8 Å². The van der Waals surface area contributed by atoms with E-state index in [2.05, 4.69) is 13.8 Å². The summed E-state index contributed by atoms with van der Waals surface area (Å²) in [6, 6.07) is 0. The molecule has 1 aliphatic heterocycles. The van der Waals surface area contributed by atoms with Gasteiger partial charge in [-0.25, -0.2) is 0 Å². The van der Waals surface area contributed by atoms with Crippen molar-refractivity contribution in [1.29, 1.82) is 0 Å². The lowest BCUT2D eigenvalue weighted by Gasteiger charge is -2.30. The van der Waals surface area contributed by atoms with E-state index in [1.165, 1.54) is 109 Å². The molecule has 0 N–H and O–H groups in total. The van der Waals surface area contributed by atoms with Crippen molar-refractivity contribution in [3.8, 4) is 0 Å². The maximum absolute atomic E-state index is 6.04. The Morgan fingerprint density at radius 3 is 1.50 bits per heavy atom. The Morgan fingerprint density at radius 1 is 0.615 bits per heavy atom. The predicted octanol–water partition coefficient (Wildman–Crippen LogP) is 7.69. The molecule has 2 heteroatoms. The number of unbranched alkanes of at least 4 members (excludes halogenated alkanes) is 13. The SMILES string of the molecule is CCCCCCCCCCCCC(CCCCCCC)C1COCCO1. The summed E-state index contributed by atoms with van der Waals surface area (Å²) in [5, 5.41) is 0. The van der Waals surface area contributed by atoms with Gasteiger partial charge in [-0.05, 0) is 18.8 Å². The van der Waals surface area contributed by atoms with Crippen LogP contribution in [0.2, 0.25) is 0 Å². The largest absolute Gasteiger partial charge is 0.376 e. The first kappa shape index (κ1) is 24.0. The molecule has 0 radical (unpaired) electrons. The predicted molar refractivity (Wildman–Crippen MR) is 114 cm³/mol. The molecule has 0 spiro atoms. The van der Waals surface area contributed by atoms with Gasteiger partial charge in [-0.1, -0.05) is 110 Å². The maximum atomic E-state index is 6.04. The Hall–Kier alpha value is -0.0800. The molecule has 2 atom stereocenters. The van der Waals surface area contributed by atoms with Crippen LogP contribution < -0.4 is 0 Å². The minimum Gasteiger partial charge on any atom is -0.376 e. The van der Waals surface area contributed by atoms with Gasteiger partial charge in [0.1, 0.15) is 0 Å². The van der Waals surface area contributed by atoms with E-state index in [1.54, 1.807) is 0 Å². The average Bonchev–Trinajstić information content (AvgIpc) is 2.68. The Morgan fingerprint density at radius 2 is 1.08 bits per heavy atom. The first-order chi connectivity index (χ1) is 12.9. The number of ether oxygens (including phenoxy) is 2. The Bertz CT molecular complexity index is 273. The lowest BCUT2D eigenvalue weighted by Crippen LogP contribution is -2.35. The molecule has 2 unspecified atom stereocenters. The molecule has 156 valence electrons. The number of rotatable bonds is 18. The zero-order valence-electron chi connectivity index (χ0n) is 18.1. The third kappa shape index (κ3) is 13.1. The van der Waals surface area contributed by atoms with E-state index in [0.717, 1.165) is 25.7 Å². The van der Waals surface area contributed by atoms with E-state index in [-0.39, 0.29) is 0 Å². The van der Waals surface area contributed by atoms with Crippen LogP contribution >= 0.6 is 0 Å². The molecule has 1 rings (SSSR count). The van der Waals surface area contributed by atoms with E-state index in [0.29, 0.717) is 6.10 Å². The van der Waals surface area contributed by atoms with Crippen molar-refractivity contribution in [3.63, 3.8) is 0 Å². The average molecular weight is 369 g/mol. The fourth-order valence-electron chi connectivity index (χ4n) is 4.20. The summed E-state index contributed by atoms with van der Waals surface area (Å²) in [6.07, 6.45) is 24.2. The minimum atomic E-state index is 0.369. The summed E-state index contributed by atoms with van der Waals surface area (Å²) in [7, 11) is 0. The van der Waals surface area contributed by atoms with Crippen LogP contribution in [0, 0.1) is 5.92 Å². The molecule has 1 heterocycles. The topological polar surface area (TPSA) is 18.5 Å². The third-order valence-corrected chi connectivity index (χ3v) is 5.97. The van der Waals surface area contributed by atoms with Crippen LogP contribution in [0.5, 0.6) is 0 Å². The van der Waals surface area contributed by atoms with Crippen molar-refractivity contribution in [2.24, 2.45) is 5.92 Å². The molecule has 1 aliphatic rings. The molecule has 0 saturated carbocycles. The van der Waals surface area contributed by atoms with Gasteiger partial charge in [0.15, 0.2) is 0 Å². The summed E-state index contributed by atoms with van der Waals surface area (Å²) < 4.78 is 11.7. The second kappa shape index (κ2) is 18.3. The summed E-state index contributed by atoms with van der Waals surface area (Å²) >= 11 is 0. The van der Waals surface area contributed by atoms with Crippen molar-refractivity contribution < 1.29 is 9.47 Å². The third-order valence-electron chi connectivity index (χ3n) is 5.97. The second-order valence-electron chi connectivity index (χ2n) is 8.42. The minimum absolute atomic E-state index is 0.369. The number of hydrogen-bond donors (Lipinski definition) is 0. The van der Waals surface area contributed by atoms with Crippen LogP contribution in [0.1, 0.15) is 123 Å². The van der Waals surface area contributed by atoms with Gasteiger partial charge in [-0.2, -0.15) is 0 Å². The molecule has 0 aromatic rings. The van der Waals surface area contributed by atoms with Gasteiger partial charge in [0.25, 0.3) is 0 Å². The highest BCUT2D eigenvalue weighted by molar-refractivity contribution is 4.73. The lowest BCUT2D eigenvalue weighted by molar-refractivity contribution is -0.113. The standard InChI is InChI=1S/C24H48O2/c1-3-5-7-9-10-11-12-13-15-17-19-23(18-16-14-8-6-4-2)24-22-25-20-21-26-24/h23-24H,3-22H2,1-2H3. The zero-order valence-corrected chi connectivity index (χ0v) is 18.1. The van der Waals surface area contributed by atoms with E-state index in [1.807, 2.05) is 0 Å². The van der Waals surface area contributed by atoms with Gasteiger partial charge < -0.3 is 9.47 Å². The van der Waals surface area contributed by atoms with Gasteiger partial charge in [-0.15, -0.1) is 0 Å². The first-order valence-corrected chi connectivity index (χ1v) is 12.1. The van der Waals surface area contributed by atoms with Crippen molar-refractivity contribution >= 4 is 0 Å². The van der Waals surface area contributed by atoms with Crippen molar-refractivity contribution in [3.05, 3.63) is 0 Å². The van der Waals surface area contributed by atoms with Crippen LogP contribution in [0.15, 0.2) is 0 Å². The number of hydrogen-bond acceptors (Lipinski definition) is 2. The Kier molecular flexibility index (Phi) is 16.9. The van der Waals surface area contributed by atoms with E-state index in [4.69, 9.17) is 9.47 Å². The highest BCUT2D eigenvalue weighted by Gasteiger charge is 2.24. The molecule has 0 aromatic carbocycles. The fraction of sp³-hybridized carbons (Fsp3) is 1.00. The summed E-state index contributed by atoms with van der Waals surface area (Å²) in [5.41, 5.74) is 0. The first-order valence-electron chi connectivity index (χ1n) is 12.1. The van der Waals surface area contributed by atoms with Crippen LogP contribution in [0.25, 0.3) is 0 Å². The summed E-state index contributed by atoms with van der Waals surface area (Å²) in [5.74, 6) is 0.728. The Labute approximate surface area is 164 Å². The van der Waals surface area contributed by atoms with E-state index >= 15 is 0 Å². The smallest absolute Gasteiger partial charge is 0.0837 e. The monoisotopic (exact) mass is 368 g/mol. The molecule has 0 aromatic heterocycles. The molecular weight excluding hydrogens is 320 g/mol. The van der Waals surface area contributed by atoms with Crippen LogP contribution in [0.3, 0.4) is 0 Å². The van der Waals surface area contributed by atoms with Gasteiger partial charge in [0.2, 0.25) is 0 Å². The van der Waals surface area contributed by atoms with Crippen molar-refractivity contribution in [2.45, 2.75) is 129 Å². The second-order valence-corrected chi connectivity index (χ2v) is 8.42. The molecule has 0 aliphatic carbocycles. The molecule has 0 amide bonds.